The van der Waals surface area contributed by atoms with Crippen LogP contribution in [0.3, 0.4) is 0 Å². The molecule has 2 aromatic carbocycles. The Morgan fingerprint density at radius 1 is 1.04 bits per heavy atom. The number of hydrogen-bond donors (Lipinski definition) is 1. The molecule has 0 saturated heterocycles. The summed E-state index contributed by atoms with van der Waals surface area (Å²) in [5.74, 6) is -2.60. The van der Waals surface area contributed by atoms with Gasteiger partial charge in [0.25, 0.3) is 5.91 Å². The molecule has 0 unspecified atom stereocenters. The third-order valence-corrected chi connectivity index (χ3v) is 3.77. The van der Waals surface area contributed by atoms with Gasteiger partial charge in [0.15, 0.2) is 18.2 Å². The second kappa shape index (κ2) is 8.98. The van der Waals surface area contributed by atoms with Crippen LogP contribution in [0.25, 0.3) is 0 Å². The monoisotopic (exact) mass is 379 g/mol. The number of carbonyl (C=O) groups is 2. The Kier molecular flexibility index (Phi) is 6.70. The zero-order valence-electron chi connectivity index (χ0n) is 15.0. The van der Waals surface area contributed by atoms with Crippen LogP contribution in [0.4, 0.5) is 8.78 Å². The molecule has 0 aromatic heterocycles. The molecule has 6 nitrogen and oxygen atoms in total. The first-order valence-electron chi connectivity index (χ1n) is 7.99. The van der Waals surface area contributed by atoms with Gasteiger partial charge in [-0.25, -0.2) is 13.6 Å². The third kappa shape index (κ3) is 5.16. The molecule has 27 heavy (non-hydrogen) atoms. The molecule has 2 aromatic rings. The summed E-state index contributed by atoms with van der Waals surface area (Å²) in [6.45, 7) is 1.15. The van der Waals surface area contributed by atoms with Crippen LogP contribution in [-0.4, -0.2) is 32.7 Å². The van der Waals surface area contributed by atoms with Crippen LogP contribution in [0.5, 0.6) is 11.5 Å². The molecule has 0 bridgehead atoms. The Morgan fingerprint density at radius 2 is 1.78 bits per heavy atom. The topological polar surface area (TPSA) is 73.9 Å². The van der Waals surface area contributed by atoms with Crippen LogP contribution in [0.2, 0.25) is 0 Å². The van der Waals surface area contributed by atoms with E-state index in [1.165, 1.54) is 14.2 Å². The van der Waals surface area contributed by atoms with Crippen molar-refractivity contribution < 1.29 is 32.6 Å². The number of amides is 1. The maximum atomic E-state index is 13.1. The van der Waals surface area contributed by atoms with E-state index in [4.69, 9.17) is 14.2 Å². The van der Waals surface area contributed by atoms with E-state index in [1.807, 2.05) is 0 Å². The van der Waals surface area contributed by atoms with E-state index in [2.05, 4.69) is 5.32 Å². The first-order valence-corrected chi connectivity index (χ1v) is 7.99. The lowest BCUT2D eigenvalue weighted by atomic mass is 10.1. The summed E-state index contributed by atoms with van der Waals surface area (Å²) in [6, 6.07) is 7.28. The Balaban J connectivity index is 1.97. The number of hydrogen-bond acceptors (Lipinski definition) is 5. The van der Waals surface area contributed by atoms with E-state index in [-0.39, 0.29) is 5.56 Å². The van der Waals surface area contributed by atoms with E-state index in [1.54, 1.807) is 25.1 Å². The summed E-state index contributed by atoms with van der Waals surface area (Å²) in [5, 5.41) is 2.66. The van der Waals surface area contributed by atoms with Gasteiger partial charge in [0, 0.05) is 5.56 Å². The molecular weight excluding hydrogens is 360 g/mol. The smallest absolute Gasteiger partial charge is 0.338 e. The molecule has 1 atom stereocenters. The molecule has 144 valence electrons. The van der Waals surface area contributed by atoms with Gasteiger partial charge >= 0.3 is 5.97 Å². The largest absolute Gasteiger partial charge is 0.497 e. The SMILES string of the molecule is COc1ccc(OC)c([C@@H](C)NC(=O)COC(=O)c2ccc(F)c(F)c2)c1. The van der Waals surface area contributed by atoms with Crippen LogP contribution in [0.15, 0.2) is 36.4 Å². The quantitative estimate of drug-likeness (QED) is 0.749. The molecule has 8 heteroatoms. The molecule has 0 aliphatic heterocycles. The van der Waals surface area contributed by atoms with E-state index >= 15 is 0 Å². The van der Waals surface area contributed by atoms with Crippen molar-refractivity contribution in [3.05, 3.63) is 59.2 Å². The predicted octanol–water partition coefficient (Wildman–Crippen LogP) is 3.02. The number of benzene rings is 2. The molecular formula is C19H19F2NO5. The van der Waals surface area contributed by atoms with Crippen molar-refractivity contribution in [2.45, 2.75) is 13.0 Å². The van der Waals surface area contributed by atoms with Crippen LogP contribution < -0.4 is 14.8 Å². The molecule has 1 amide bonds. The van der Waals surface area contributed by atoms with Gasteiger partial charge in [-0.15, -0.1) is 0 Å². The maximum absolute atomic E-state index is 13.1. The highest BCUT2D eigenvalue weighted by atomic mass is 19.2. The summed E-state index contributed by atoms with van der Waals surface area (Å²) in [7, 11) is 3.02. The summed E-state index contributed by atoms with van der Waals surface area (Å²) < 4.78 is 41.3. The zero-order chi connectivity index (χ0) is 20.0. The average molecular weight is 379 g/mol. The maximum Gasteiger partial charge on any atom is 0.338 e. The molecule has 0 radical (unpaired) electrons. The molecule has 2 rings (SSSR count). The normalized spacial score (nSPS) is 11.4. The minimum atomic E-state index is -1.17. The summed E-state index contributed by atoms with van der Waals surface area (Å²) in [4.78, 5) is 23.9. The fourth-order valence-corrected chi connectivity index (χ4v) is 2.38. The lowest BCUT2D eigenvalue weighted by Crippen LogP contribution is -2.31. The number of halogens is 2. The number of ether oxygens (including phenoxy) is 3. The fraction of sp³-hybridized carbons (Fsp3) is 0.263. The molecule has 0 heterocycles. The minimum absolute atomic E-state index is 0.191. The Morgan fingerprint density at radius 3 is 2.41 bits per heavy atom. The van der Waals surface area contributed by atoms with Gasteiger partial charge in [-0.1, -0.05) is 0 Å². The number of nitrogens with one attached hydrogen (secondary N) is 1. The highest BCUT2D eigenvalue weighted by Crippen LogP contribution is 2.29. The summed E-state index contributed by atoms with van der Waals surface area (Å²) in [5.41, 5.74) is 0.487. The lowest BCUT2D eigenvalue weighted by Gasteiger charge is -2.18. The van der Waals surface area contributed by atoms with Gasteiger partial charge in [-0.05, 0) is 43.3 Å². The van der Waals surface area contributed by atoms with Crippen molar-refractivity contribution >= 4 is 11.9 Å². The number of esters is 1. The second-order valence-corrected chi connectivity index (χ2v) is 5.60. The Bertz CT molecular complexity index is 841. The van der Waals surface area contributed by atoms with Crippen LogP contribution in [0, 0.1) is 11.6 Å². The van der Waals surface area contributed by atoms with Gasteiger partial charge < -0.3 is 19.5 Å². The fourth-order valence-electron chi connectivity index (χ4n) is 2.38. The average Bonchev–Trinajstić information content (AvgIpc) is 2.67. The number of methoxy groups -OCH3 is 2. The second-order valence-electron chi connectivity index (χ2n) is 5.60. The van der Waals surface area contributed by atoms with Gasteiger partial charge in [-0.2, -0.15) is 0 Å². The van der Waals surface area contributed by atoms with Crippen molar-refractivity contribution in [3.8, 4) is 11.5 Å². The first-order chi connectivity index (χ1) is 12.8. The predicted molar refractivity (Wildman–Crippen MR) is 92.7 cm³/mol. The van der Waals surface area contributed by atoms with Gasteiger partial charge in [0.05, 0.1) is 25.8 Å². The number of carbonyl (C=O) groups excluding carboxylic acids is 2. The van der Waals surface area contributed by atoms with Crippen molar-refractivity contribution in [3.63, 3.8) is 0 Å². The molecule has 0 saturated carbocycles. The van der Waals surface area contributed by atoms with E-state index in [0.29, 0.717) is 23.1 Å². The highest BCUT2D eigenvalue weighted by molar-refractivity contribution is 5.91. The summed E-state index contributed by atoms with van der Waals surface area (Å²) >= 11 is 0. The molecule has 0 fully saturated rings. The molecule has 1 N–H and O–H groups in total. The standard InChI is InChI=1S/C19H19F2NO5/c1-11(14-9-13(25-2)5-7-17(14)26-3)22-18(23)10-27-19(24)12-4-6-15(20)16(21)8-12/h4-9,11H,10H2,1-3H3,(H,22,23)/t11-/m1/s1. The van der Waals surface area contributed by atoms with Crippen molar-refractivity contribution in [1.82, 2.24) is 5.32 Å². The number of rotatable bonds is 7. The van der Waals surface area contributed by atoms with E-state index in [0.717, 1.165) is 12.1 Å². The van der Waals surface area contributed by atoms with Crippen molar-refractivity contribution in [1.29, 1.82) is 0 Å². The van der Waals surface area contributed by atoms with Crippen molar-refractivity contribution in [2.24, 2.45) is 0 Å². The van der Waals surface area contributed by atoms with Crippen LogP contribution in [-0.2, 0) is 9.53 Å². The van der Waals surface area contributed by atoms with Gasteiger partial charge in [0.1, 0.15) is 11.5 Å². The highest BCUT2D eigenvalue weighted by Gasteiger charge is 2.17. The Hall–Kier alpha value is -3.16. The summed E-state index contributed by atoms with van der Waals surface area (Å²) in [6.07, 6.45) is 0. The van der Waals surface area contributed by atoms with E-state index < -0.39 is 36.2 Å². The molecule has 0 aliphatic rings. The molecule has 0 spiro atoms. The Labute approximate surface area is 155 Å². The zero-order valence-corrected chi connectivity index (χ0v) is 15.0. The molecule has 0 aliphatic carbocycles. The van der Waals surface area contributed by atoms with Gasteiger partial charge in [0.2, 0.25) is 0 Å². The van der Waals surface area contributed by atoms with Crippen LogP contribution >= 0.6 is 0 Å². The minimum Gasteiger partial charge on any atom is -0.497 e. The van der Waals surface area contributed by atoms with Crippen LogP contribution in [0.1, 0.15) is 28.9 Å². The lowest BCUT2D eigenvalue weighted by molar-refractivity contribution is -0.124. The first kappa shape index (κ1) is 20.2. The van der Waals surface area contributed by atoms with E-state index in [9.17, 15) is 18.4 Å². The third-order valence-electron chi connectivity index (χ3n) is 3.77. The van der Waals surface area contributed by atoms with Crippen molar-refractivity contribution in [2.75, 3.05) is 20.8 Å². The van der Waals surface area contributed by atoms with Gasteiger partial charge in [-0.3, -0.25) is 4.79 Å².